The van der Waals surface area contributed by atoms with Gasteiger partial charge in [0.2, 0.25) is 0 Å². The maximum absolute atomic E-state index is 12.0. The number of piperidine rings is 1. The van der Waals surface area contributed by atoms with Gasteiger partial charge in [-0.05, 0) is 44.7 Å². The Balaban J connectivity index is 1.70. The molecule has 0 bridgehead atoms. The Kier molecular flexibility index (Phi) is 4.66. The molecule has 0 spiro atoms. The van der Waals surface area contributed by atoms with Gasteiger partial charge in [0.1, 0.15) is 0 Å². The molecule has 2 fully saturated rings. The molecule has 0 aromatic rings. The van der Waals surface area contributed by atoms with Crippen molar-refractivity contribution in [1.29, 1.82) is 0 Å². The van der Waals surface area contributed by atoms with Crippen molar-refractivity contribution in [2.45, 2.75) is 44.6 Å². The Morgan fingerprint density at radius 2 is 2.06 bits per heavy atom. The van der Waals surface area contributed by atoms with Gasteiger partial charge in [0.15, 0.2) is 0 Å². The van der Waals surface area contributed by atoms with Crippen LogP contribution in [0.5, 0.6) is 0 Å². The minimum absolute atomic E-state index is 0.113. The van der Waals surface area contributed by atoms with Crippen LogP contribution in [0.4, 0.5) is 4.79 Å². The van der Waals surface area contributed by atoms with Crippen molar-refractivity contribution in [2.75, 3.05) is 26.7 Å². The number of hydrogen-bond acceptors (Lipinski definition) is 2. The van der Waals surface area contributed by atoms with E-state index in [1.165, 1.54) is 25.7 Å². The molecule has 4 heteroatoms. The van der Waals surface area contributed by atoms with Crippen LogP contribution in [0.3, 0.4) is 0 Å². The van der Waals surface area contributed by atoms with Crippen LogP contribution in [0.15, 0.2) is 0 Å². The number of nitrogens with one attached hydrogen (secondary N) is 2. The van der Waals surface area contributed by atoms with Gasteiger partial charge in [-0.25, -0.2) is 4.79 Å². The van der Waals surface area contributed by atoms with E-state index in [0.717, 1.165) is 32.5 Å². The lowest BCUT2D eigenvalue weighted by molar-refractivity contribution is 0.191. The fourth-order valence-electron chi connectivity index (χ4n) is 2.90. The molecule has 2 amide bonds. The number of carbonyl (C=O) groups excluding carboxylic acids is 1. The van der Waals surface area contributed by atoms with E-state index in [9.17, 15) is 4.79 Å². The molecule has 0 aromatic carbocycles. The summed E-state index contributed by atoms with van der Waals surface area (Å²) in [7, 11) is 1.92. The summed E-state index contributed by atoms with van der Waals surface area (Å²) in [4.78, 5) is 13.8. The standard InChI is InChI=1S/C13H25N3O/c1-16(10-11-5-4-8-14-9-11)13(17)15-12-6-2-3-7-12/h11-12,14H,2-10H2,1H3,(H,15,17). The largest absolute Gasteiger partial charge is 0.335 e. The van der Waals surface area contributed by atoms with Gasteiger partial charge >= 0.3 is 6.03 Å². The second kappa shape index (κ2) is 6.24. The molecule has 17 heavy (non-hydrogen) atoms. The Morgan fingerprint density at radius 3 is 2.71 bits per heavy atom. The van der Waals surface area contributed by atoms with Gasteiger partial charge in [0, 0.05) is 19.6 Å². The summed E-state index contributed by atoms with van der Waals surface area (Å²) < 4.78 is 0. The predicted octanol–water partition coefficient (Wildman–Crippen LogP) is 1.57. The summed E-state index contributed by atoms with van der Waals surface area (Å²) in [6, 6.07) is 0.539. The van der Waals surface area contributed by atoms with E-state index in [2.05, 4.69) is 10.6 Å². The van der Waals surface area contributed by atoms with E-state index in [1.54, 1.807) is 0 Å². The highest BCUT2D eigenvalue weighted by Gasteiger charge is 2.21. The first-order chi connectivity index (χ1) is 8.25. The number of urea groups is 1. The maximum Gasteiger partial charge on any atom is 0.317 e. The summed E-state index contributed by atoms with van der Waals surface area (Å²) in [5, 5.41) is 6.53. The Labute approximate surface area is 104 Å². The highest BCUT2D eigenvalue weighted by atomic mass is 16.2. The molecule has 1 unspecified atom stereocenters. The summed E-state index contributed by atoms with van der Waals surface area (Å²) in [5.74, 6) is 0.628. The zero-order valence-electron chi connectivity index (χ0n) is 10.9. The molecule has 4 nitrogen and oxygen atoms in total. The van der Waals surface area contributed by atoms with E-state index in [1.807, 2.05) is 11.9 Å². The van der Waals surface area contributed by atoms with Crippen molar-refractivity contribution >= 4 is 6.03 Å². The molecule has 2 aliphatic rings. The molecule has 1 saturated carbocycles. The quantitative estimate of drug-likeness (QED) is 0.785. The van der Waals surface area contributed by atoms with Gasteiger partial charge in [-0.15, -0.1) is 0 Å². The molecule has 2 N–H and O–H groups in total. The van der Waals surface area contributed by atoms with Crippen molar-refractivity contribution in [1.82, 2.24) is 15.5 Å². The molecule has 0 aromatic heterocycles. The van der Waals surface area contributed by atoms with Gasteiger partial charge in [0.05, 0.1) is 0 Å². The Morgan fingerprint density at radius 1 is 1.29 bits per heavy atom. The molecular formula is C13H25N3O. The average molecular weight is 239 g/mol. The molecule has 1 aliphatic carbocycles. The fraction of sp³-hybridized carbons (Fsp3) is 0.923. The zero-order chi connectivity index (χ0) is 12.1. The smallest absolute Gasteiger partial charge is 0.317 e. The van der Waals surface area contributed by atoms with Crippen molar-refractivity contribution < 1.29 is 4.79 Å². The van der Waals surface area contributed by atoms with Crippen LogP contribution in [0.25, 0.3) is 0 Å². The molecule has 1 heterocycles. The zero-order valence-corrected chi connectivity index (χ0v) is 10.9. The molecule has 1 atom stereocenters. The highest BCUT2D eigenvalue weighted by Crippen LogP contribution is 2.18. The maximum atomic E-state index is 12.0. The van der Waals surface area contributed by atoms with Gasteiger partial charge in [-0.2, -0.15) is 0 Å². The highest BCUT2D eigenvalue weighted by molar-refractivity contribution is 5.74. The van der Waals surface area contributed by atoms with Crippen LogP contribution in [-0.4, -0.2) is 43.7 Å². The Hall–Kier alpha value is -0.770. The van der Waals surface area contributed by atoms with Gasteiger partial charge in [0.25, 0.3) is 0 Å². The van der Waals surface area contributed by atoms with Crippen LogP contribution in [0.2, 0.25) is 0 Å². The number of carbonyl (C=O) groups is 1. The van der Waals surface area contributed by atoms with Gasteiger partial charge in [-0.3, -0.25) is 0 Å². The monoisotopic (exact) mass is 239 g/mol. The fourth-order valence-corrected chi connectivity index (χ4v) is 2.90. The lowest BCUT2D eigenvalue weighted by atomic mass is 9.99. The van der Waals surface area contributed by atoms with Crippen molar-refractivity contribution in [3.05, 3.63) is 0 Å². The summed E-state index contributed by atoms with van der Waals surface area (Å²) >= 11 is 0. The van der Waals surface area contributed by atoms with E-state index in [4.69, 9.17) is 0 Å². The first-order valence-corrected chi connectivity index (χ1v) is 6.98. The first kappa shape index (κ1) is 12.7. The molecule has 0 radical (unpaired) electrons. The minimum Gasteiger partial charge on any atom is -0.335 e. The van der Waals surface area contributed by atoms with Crippen molar-refractivity contribution in [2.24, 2.45) is 5.92 Å². The normalized spacial score (nSPS) is 25.8. The van der Waals surface area contributed by atoms with Crippen molar-refractivity contribution in [3.8, 4) is 0 Å². The third kappa shape index (κ3) is 3.87. The molecule has 1 aliphatic heterocycles. The molecular weight excluding hydrogens is 214 g/mol. The van der Waals surface area contributed by atoms with E-state index >= 15 is 0 Å². The number of nitrogens with zero attached hydrogens (tertiary/aromatic N) is 1. The lowest BCUT2D eigenvalue weighted by Crippen LogP contribution is -2.45. The van der Waals surface area contributed by atoms with Gasteiger partial charge < -0.3 is 15.5 Å². The predicted molar refractivity (Wildman–Crippen MR) is 69.0 cm³/mol. The van der Waals surface area contributed by atoms with Crippen LogP contribution < -0.4 is 10.6 Å². The SMILES string of the molecule is CN(CC1CCCNC1)C(=O)NC1CCCC1. The molecule has 1 saturated heterocycles. The summed E-state index contributed by atoms with van der Waals surface area (Å²) in [6.07, 6.45) is 7.33. The molecule has 2 rings (SSSR count). The average Bonchev–Trinajstić information content (AvgIpc) is 2.83. The van der Waals surface area contributed by atoms with E-state index < -0.39 is 0 Å². The van der Waals surface area contributed by atoms with Crippen molar-refractivity contribution in [3.63, 3.8) is 0 Å². The van der Waals surface area contributed by atoms with E-state index in [-0.39, 0.29) is 6.03 Å². The topological polar surface area (TPSA) is 44.4 Å². The number of rotatable bonds is 3. The summed E-state index contributed by atoms with van der Waals surface area (Å²) in [6.45, 7) is 3.07. The van der Waals surface area contributed by atoms with Crippen LogP contribution in [0.1, 0.15) is 38.5 Å². The van der Waals surface area contributed by atoms with Crippen LogP contribution in [0, 0.1) is 5.92 Å². The third-order valence-electron chi connectivity index (χ3n) is 3.96. The Bertz CT molecular complexity index is 245. The third-order valence-corrected chi connectivity index (χ3v) is 3.96. The summed E-state index contributed by atoms with van der Waals surface area (Å²) in [5.41, 5.74) is 0. The van der Waals surface area contributed by atoms with Crippen LogP contribution >= 0.6 is 0 Å². The number of amides is 2. The lowest BCUT2D eigenvalue weighted by Gasteiger charge is -2.28. The van der Waals surface area contributed by atoms with Gasteiger partial charge in [-0.1, -0.05) is 12.8 Å². The second-order valence-corrected chi connectivity index (χ2v) is 5.52. The minimum atomic E-state index is 0.113. The second-order valence-electron chi connectivity index (χ2n) is 5.52. The molecule has 98 valence electrons. The van der Waals surface area contributed by atoms with E-state index in [0.29, 0.717) is 12.0 Å². The van der Waals surface area contributed by atoms with Crippen LogP contribution in [-0.2, 0) is 0 Å². The number of hydrogen-bond donors (Lipinski definition) is 2. The first-order valence-electron chi connectivity index (χ1n) is 6.98.